The van der Waals surface area contributed by atoms with E-state index in [1.54, 1.807) is 17.6 Å². The summed E-state index contributed by atoms with van der Waals surface area (Å²) in [5, 5.41) is 11.1. The van der Waals surface area contributed by atoms with E-state index < -0.39 is 11.8 Å². The lowest BCUT2D eigenvalue weighted by molar-refractivity contribution is 0.0691. The van der Waals surface area contributed by atoms with Crippen molar-refractivity contribution in [2.75, 3.05) is 0 Å². The maximum atomic E-state index is 13.6. The number of nitrogens with one attached hydrogen (secondary N) is 1. The first-order valence-electron chi connectivity index (χ1n) is 5.62. The van der Waals surface area contributed by atoms with Gasteiger partial charge in [0.25, 0.3) is 0 Å². The maximum Gasteiger partial charge on any atom is 0.352 e. The monoisotopic (exact) mass is 289 g/mol. The lowest BCUT2D eigenvalue weighted by atomic mass is 10.2. The van der Waals surface area contributed by atoms with Gasteiger partial charge < -0.3 is 10.1 Å². The molecule has 100 valence electrons. The van der Waals surface area contributed by atoms with Crippen LogP contribution in [0.2, 0.25) is 0 Å². The second-order valence-corrected chi connectivity index (χ2v) is 4.86. The Morgan fingerprint density at radius 2 is 2.30 bits per heavy atom. The zero-order valence-corrected chi connectivity index (χ0v) is 10.8. The lowest BCUT2D eigenvalue weighted by Gasteiger charge is -1.96. The van der Waals surface area contributed by atoms with Gasteiger partial charge in [0.1, 0.15) is 10.7 Å². The Labute approximate surface area is 116 Å². The van der Waals surface area contributed by atoms with Gasteiger partial charge in [-0.05, 0) is 12.1 Å². The molecule has 7 heteroatoms. The Bertz CT molecular complexity index is 781. The number of carbonyl (C=O) groups is 1. The molecule has 0 unspecified atom stereocenters. The van der Waals surface area contributed by atoms with Gasteiger partial charge in [-0.15, -0.1) is 11.3 Å². The molecular formula is C13H8FN3O2S. The van der Waals surface area contributed by atoms with Crippen molar-refractivity contribution in [2.24, 2.45) is 0 Å². The fraction of sp³-hybridized carbons (Fsp3) is 0. The third-order valence-electron chi connectivity index (χ3n) is 2.72. The molecule has 0 aliphatic heterocycles. The number of nitrogens with zero attached hydrogens (tertiary/aromatic N) is 2. The van der Waals surface area contributed by atoms with E-state index in [2.05, 4.69) is 15.0 Å². The minimum atomic E-state index is -1.04. The molecule has 0 saturated heterocycles. The second kappa shape index (κ2) is 4.86. The third-order valence-corrected chi connectivity index (χ3v) is 3.59. The number of halogens is 1. The molecule has 0 aliphatic carbocycles. The second-order valence-electron chi connectivity index (χ2n) is 4.00. The van der Waals surface area contributed by atoms with Crippen LogP contribution in [-0.2, 0) is 0 Å². The molecule has 0 fully saturated rings. The normalized spacial score (nSPS) is 10.7. The number of aromatic nitrogens is 3. The van der Waals surface area contributed by atoms with Crippen LogP contribution in [0.25, 0.3) is 21.8 Å². The van der Waals surface area contributed by atoms with Crippen LogP contribution in [0, 0.1) is 5.82 Å². The number of pyridine rings is 1. The number of hydrogen-bond acceptors (Lipinski definition) is 4. The summed E-state index contributed by atoms with van der Waals surface area (Å²) in [6.45, 7) is 0. The molecule has 0 atom stereocenters. The summed E-state index contributed by atoms with van der Waals surface area (Å²) in [6.07, 6.45) is 4.19. The maximum absolute atomic E-state index is 13.6. The van der Waals surface area contributed by atoms with E-state index in [9.17, 15) is 9.18 Å². The Balaban J connectivity index is 1.98. The molecule has 5 nitrogen and oxygen atoms in total. The van der Waals surface area contributed by atoms with E-state index in [-0.39, 0.29) is 5.69 Å². The van der Waals surface area contributed by atoms with Crippen molar-refractivity contribution in [1.29, 1.82) is 0 Å². The molecule has 0 bridgehead atoms. The predicted molar refractivity (Wildman–Crippen MR) is 72.0 cm³/mol. The molecule has 20 heavy (non-hydrogen) atoms. The number of carboxylic acids is 1. The molecule has 0 aliphatic rings. The molecule has 0 amide bonds. The van der Waals surface area contributed by atoms with Crippen LogP contribution in [0.5, 0.6) is 0 Å². The molecular weight excluding hydrogens is 281 g/mol. The lowest BCUT2D eigenvalue weighted by Crippen LogP contribution is -1.94. The van der Waals surface area contributed by atoms with Crippen molar-refractivity contribution < 1.29 is 14.3 Å². The summed E-state index contributed by atoms with van der Waals surface area (Å²) >= 11 is 1.29. The van der Waals surface area contributed by atoms with Crippen molar-refractivity contribution in [3.05, 3.63) is 47.6 Å². The molecule has 0 aromatic carbocycles. The summed E-state index contributed by atoms with van der Waals surface area (Å²) in [5.74, 6) is -1.47. The van der Waals surface area contributed by atoms with Crippen LogP contribution in [-0.4, -0.2) is 26.0 Å². The number of hydrogen-bond donors (Lipinski definition) is 2. The van der Waals surface area contributed by atoms with E-state index in [1.807, 2.05) is 0 Å². The molecule has 0 saturated carbocycles. The summed E-state index contributed by atoms with van der Waals surface area (Å²) in [4.78, 5) is 21.5. The Hall–Kier alpha value is -2.54. The summed E-state index contributed by atoms with van der Waals surface area (Å²) in [5.41, 5.74) is 1.72. The standard InChI is InChI=1S/C13H8FN3O2S/c14-9-5-15-2-1-8(9)12-17-11(6-20-12)7-3-10(13(18)19)16-4-7/h1-6,16H,(H,18,19). The molecule has 3 rings (SSSR count). The van der Waals surface area contributed by atoms with Crippen molar-refractivity contribution in [3.63, 3.8) is 0 Å². The summed E-state index contributed by atoms with van der Waals surface area (Å²) in [6, 6.07) is 3.04. The minimum Gasteiger partial charge on any atom is -0.477 e. The average molecular weight is 289 g/mol. The molecule has 3 heterocycles. The van der Waals surface area contributed by atoms with Crippen molar-refractivity contribution in [1.82, 2.24) is 15.0 Å². The zero-order chi connectivity index (χ0) is 14.1. The number of H-pyrrole nitrogens is 1. The van der Waals surface area contributed by atoms with Crippen LogP contribution in [0.15, 0.2) is 36.1 Å². The average Bonchev–Trinajstić information content (AvgIpc) is 3.08. The largest absolute Gasteiger partial charge is 0.477 e. The van der Waals surface area contributed by atoms with Crippen molar-refractivity contribution >= 4 is 17.3 Å². The van der Waals surface area contributed by atoms with E-state index in [0.717, 1.165) is 6.20 Å². The van der Waals surface area contributed by atoms with E-state index in [1.165, 1.54) is 23.6 Å². The van der Waals surface area contributed by atoms with Crippen molar-refractivity contribution in [3.8, 4) is 21.8 Å². The van der Waals surface area contributed by atoms with Crippen LogP contribution in [0.1, 0.15) is 10.5 Å². The van der Waals surface area contributed by atoms with Crippen molar-refractivity contribution in [2.45, 2.75) is 0 Å². The van der Waals surface area contributed by atoms with Crippen LogP contribution in [0.3, 0.4) is 0 Å². The highest BCUT2D eigenvalue weighted by Crippen LogP contribution is 2.30. The molecule has 3 aromatic heterocycles. The fourth-order valence-electron chi connectivity index (χ4n) is 1.74. The van der Waals surface area contributed by atoms with Gasteiger partial charge in [0.15, 0.2) is 5.82 Å². The van der Waals surface area contributed by atoms with Crippen LogP contribution < -0.4 is 0 Å². The fourth-order valence-corrected chi connectivity index (χ4v) is 2.60. The SMILES string of the molecule is O=C(O)c1cc(-c2csc(-c3ccncc3F)n2)c[nH]1. The number of rotatable bonds is 3. The molecule has 0 spiro atoms. The number of thiazole rings is 1. The van der Waals surface area contributed by atoms with Gasteiger partial charge in [0, 0.05) is 28.9 Å². The van der Waals surface area contributed by atoms with E-state index >= 15 is 0 Å². The minimum absolute atomic E-state index is 0.0876. The molecule has 2 N–H and O–H groups in total. The third kappa shape index (κ3) is 2.19. The highest BCUT2D eigenvalue weighted by molar-refractivity contribution is 7.13. The Kier molecular flexibility index (Phi) is 3.03. The molecule has 0 radical (unpaired) electrons. The van der Waals surface area contributed by atoms with Gasteiger partial charge in [0.05, 0.1) is 11.9 Å². The van der Waals surface area contributed by atoms with Gasteiger partial charge >= 0.3 is 5.97 Å². The van der Waals surface area contributed by atoms with Gasteiger partial charge in [-0.1, -0.05) is 0 Å². The Morgan fingerprint density at radius 1 is 1.45 bits per heavy atom. The number of aromatic carboxylic acids is 1. The number of carboxylic acid groups (broad SMARTS) is 1. The zero-order valence-electron chi connectivity index (χ0n) is 10.0. The van der Waals surface area contributed by atoms with Gasteiger partial charge in [0.2, 0.25) is 0 Å². The quantitative estimate of drug-likeness (QED) is 0.776. The predicted octanol–water partition coefficient (Wildman–Crippen LogP) is 3.04. The molecule has 3 aromatic rings. The Morgan fingerprint density at radius 3 is 3.00 bits per heavy atom. The topological polar surface area (TPSA) is 78.9 Å². The van der Waals surface area contributed by atoms with Crippen LogP contribution >= 0.6 is 11.3 Å². The van der Waals surface area contributed by atoms with E-state index in [4.69, 9.17) is 5.11 Å². The first-order valence-corrected chi connectivity index (χ1v) is 6.50. The van der Waals surface area contributed by atoms with Gasteiger partial charge in [-0.2, -0.15) is 0 Å². The summed E-state index contributed by atoms with van der Waals surface area (Å²) < 4.78 is 13.6. The highest BCUT2D eigenvalue weighted by atomic mass is 32.1. The van der Waals surface area contributed by atoms with E-state index in [0.29, 0.717) is 21.8 Å². The van der Waals surface area contributed by atoms with Gasteiger partial charge in [-0.3, -0.25) is 4.98 Å². The highest BCUT2D eigenvalue weighted by Gasteiger charge is 2.13. The smallest absolute Gasteiger partial charge is 0.352 e. The first-order chi connectivity index (χ1) is 9.65. The number of aromatic amines is 1. The first kappa shape index (κ1) is 12.5. The van der Waals surface area contributed by atoms with Gasteiger partial charge in [-0.25, -0.2) is 14.2 Å². The van der Waals surface area contributed by atoms with Crippen LogP contribution in [0.4, 0.5) is 4.39 Å². The summed E-state index contributed by atoms with van der Waals surface area (Å²) in [7, 11) is 0.